The predicted molar refractivity (Wildman–Crippen MR) is 61.5 cm³/mol. The Morgan fingerprint density at radius 3 is 2.53 bits per heavy atom. The number of nitrogens with two attached hydrogens (primary N) is 1. The average molecular weight is 201 g/mol. The first kappa shape index (κ1) is 9.99. The summed E-state index contributed by atoms with van der Waals surface area (Å²) in [5.41, 5.74) is 6.82. The predicted octanol–water partition coefficient (Wildman–Crippen LogP) is 2.84. The third-order valence-electron chi connectivity index (χ3n) is 2.24. The van der Waals surface area contributed by atoms with Crippen molar-refractivity contribution >= 4 is 0 Å². The van der Waals surface area contributed by atoms with E-state index in [2.05, 4.69) is 0 Å². The van der Waals surface area contributed by atoms with E-state index in [4.69, 9.17) is 10.2 Å². The van der Waals surface area contributed by atoms with E-state index in [0.717, 1.165) is 23.5 Å². The Bertz CT molecular complexity index is 417. The van der Waals surface area contributed by atoms with Crippen molar-refractivity contribution < 1.29 is 4.42 Å². The summed E-state index contributed by atoms with van der Waals surface area (Å²) in [6.07, 6.45) is 0.785. The molecule has 2 rings (SSSR count). The molecule has 78 valence electrons. The molecule has 1 aromatic heterocycles. The molecule has 2 N–H and O–H groups in total. The first-order valence-electron chi connectivity index (χ1n) is 5.15. The summed E-state index contributed by atoms with van der Waals surface area (Å²) in [7, 11) is 0. The van der Waals surface area contributed by atoms with Crippen LogP contribution in [-0.4, -0.2) is 6.04 Å². The molecule has 0 radical (unpaired) electrons. The molecular weight excluding hydrogens is 186 g/mol. The minimum Gasteiger partial charge on any atom is -0.461 e. The molecule has 0 fully saturated rings. The number of hydrogen-bond donors (Lipinski definition) is 1. The zero-order valence-corrected chi connectivity index (χ0v) is 8.81. The zero-order valence-electron chi connectivity index (χ0n) is 8.81. The van der Waals surface area contributed by atoms with Crippen LogP contribution in [0.3, 0.4) is 0 Å². The molecule has 0 aliphatic rings. The van der Waals surface area contributed by atoms with Crippen LogP contribution >= 0.6 is 0 Å². The van der Waals surface area contributed by atoms with Gasteiger partial charge < -0.3 is 10.2 Å². The molecule has 0 aliphatic carbocycles. The topological polar surface area (TPSA) is 39.2 Å². The van der Waals surface area contributed by atoms with E-state index in [-0.39, 0.29) is 6.04 Å². The van der Waals surface area contributed by atoms with Crippen LogP contribution in [0.15, 0.2) is 46.9 Å². The monoisotopic (exact) mass is 201 g/mol. The van der Waals surface area contributed by atoms with Crippen LogP contribution in [0.5, 0.6) is 0 Å². The Morgan fingerprint density at radius 2 is 1.87 bits per heavy atom. The van der Waals surface area contributed by atoms with Gasteiger partial charge in [-0.3, -0.25) is 0 Å². The largest absolute Gasteiger partial charge is 0.461 e. The smallest absolute Gasteiger partial charge is 0.134 e. The van der Waals surface area contributed by atoms with Crippen molar-refractivity contribution in [3.63, 3.8) is 0 Å². The molecule has 2 heteroatoms. The van der Waals surface area contributed by atoms with Crippen LogP contribution in [0, 0.1) is 0 Å². The molecule has 1 unspecified atom stereocenters. The van der Waals surface area contributed by atoms with Gasteiger partial charge in [-0.15, -0.1) is 0 Å². The van der Waals surface area contributed by atoms with Crippen molar-refractivity contribution in [3.05, 3.63) is 48.2 Å². The summed E-state index contributed by atoms with van der Waals surface area (Å²) in [4.78, 5) is 0. The molecule has 1 heterocycles. The number of furan rings is 1. The maximum Gasteiger partial charge on any atom is 0.134 e. The minimum atomic E-state index is 0.139. The fourth-order valence-corrected chi connectivity index (χ4v) is 1.56. The molecule has 0 amide bonds. The fraction of sp³-hybridized carbons (Fsp3) is 0.231. The maximum absolute atomic E-state index is 5.71. The van der Waals surface area contributed by atoms with E-state index in [0.29, 0.717) is 0 Å². The van der Waals surface area contributed by atoms with Crippen LogP contribution in [0.1, 0.15) is 12.7 Å². The molecular formula is C13H15NO. The van der Waals surface area contributed by atoms with E-state index in [9.17, 15) is 0 Å². The number of rotatable bonds is 3. The van der Waals surface area contributed by atoms with Crippen LogP contribution in [-0.2, 0) is 6.42 Å². The highest BCUT2D eigenvalue weighted by Gasteiger charge is 2.05. The summed E-state index contributed by atoms with van der Waals surface area (Å²) in [5, 5.41) is 0. The molecule has 2 aromatic rings. The molecule has 0 saturated heterocycles. The van der Waals surface area contributed by atoms with Gasteiger partial charge in [-0.1, -0.05) is 30.3 Å². The standard InChI is InChI=1S/C13H15NO/c1-10(14)9-12-7-8-13(15-12)11-5-3-2-4-6-11/h2-8,10H,9,14H2,1H3. The third kappa shape index (κ3) is 2.48. The second-order valence-electron chi connectivity index (χ2n) is 3.81. The van der Waals surface area contributed by atoms with Gasteiger partial charge in [0.25, 0.3) is 0 Å². The van der Waals surface area contributed by atoms with Crippen molar-refractivity contribution in [3.8, 4) is 11.3 Å². The number of benzene rings is 1. The van der Waals surface area contributed by atoms with E-state index in [1.807, 2.05) is 49.4 Å². The Hall–Kier alpha value is -1.54. The van der Waals surface area contributed by atoms with Gasteiger partial charge >= 0.3 is 0 Å². The minimum absolute atomic E-state index is 0.139. The molecule has 2 nitrogen and oxygen atoms in total. The van der Waals surface area contributed by atoms with Crippen LogP contribution in [0.2, 0.25) is 0 Å². The van der Waals surface area contributed by atoms with Crippen LogP contribution in [0.25, 0.3) is 11.3 Å². The van der Waals surface area contributed by atoms with Crippen LogP contribution < -0.4 is 5.73 Å². The van der Waals surface area contributed by atoms with Gasteiger partial charge in [0.2, 0.25) is 0 Å². The molecule has 0 bridgehead atoms. The molecule has 1 aromatic carbocycles. The average Bonchev–Trinajstić information content (AvgIpc) is 2.67. The highest BCUT2D eigenvalue weighted by Crippen LogP contribution is 2.22. The normalized spacial score (nSPS) is 12.7. The summed E-state index contributed by atoms with van der Waals surface area (Å²) < 4.78 is 5.70. The van der Waals surface area contributed by atoms with Gasteiger partial charge in [0.05, 0.1) is 0 Å². The highest BCUT2D eigenvalue weighted by molar-refractivity contribution is 5.57. The summed E-state index contributed by atoms with van der Waals surface area (Å²) in [6.45, 7) is 1.98. The maximum atomic E-state index is 5.71. The second-order valence-corrected chi connectivity index (χ2v) is 3.81. The van der Waals surface area contributed by atoms with E-state index >= 15 is 0 Å². The van der Waals surface area contributed by atoms with Gasteiger partial charge in [0.15, 0.2) is 0 Å². The lowest BCUT2D eigenvalue weighted by atomic mass is 10.2. The van der Waals surface area contributed by atoms with Crippen molar-refractivity contribution in [1.82, 2.24) is 0 Å². The zero-order chi connectivity index (χ0) is 10.7. The molecule has 1 atom stereocenters. The van der Waals surface area contributed by atoms with Crippen molar-refractivity contribution in [2.75, 3.05) is 0 Å². The third-order valence-corrected chi connectivity index (χ3v) is 2.24. The lowest BCUT2D eigenvalue weighted by Gasteiger charge is -2.00. The number of hydrogen-bond acceptors (Lipinski definition) is 2. The molecule has 0 saturated carbocycles. The quantitative estimate of drug-likeness (QED) is 0.829. The van der Waals surface area contributed by atoms with Crippen molar-refractivity contribution in [1.29, 1.82) is 0 Å². The Balaban J connectivity index is 2.21. The summed E-state index contributed by atoms with van der Waals surface area (Å²) in [6, 6.07) is 14.2. The molecule has 0 aliphatic heterocycles. The van der Waals surface area contributed by atoms with E-state index in [1.54, 1.807) is 0 Å². The van der Waals surface area contributed by atoms with E-state index < -0.39 is 0 Å². The Labute approximate surface area is 89.7 Å². The van der Waals surface area contributed by atoms with Gasteiger partial charge in [-0.2, -0.15) is 0 Å². The summed E-state index contributed by atoms with van der Waals surface area (Å²) in [5.74, 6) is 1.86. The van der Waals surface area contributed by atoms with E-state index in [1.165, 1.54) is 0 Å². The first-order valence-corrected chi connectivity index (χ1v) is 5.15. The Morgan fingerprint density at radius 1 is 1.13 bits per heavy atom. The van der Waals surface area contributed by atoms with Gasteiger partial charge in [-0.25, -0.2) is 0 Å². The van der Waals surface area contributed by atoms with Crippen molar-refractivity contribution in [2.45, 2.75) is 19.4 Å². The fourth-order valence-electron chi connectivity index (χ4n) is 1.56. The summed E-state index contributed by atoms with van der Waals surface area (Å²) >= 11 is 0. The Kier molecular flexibility index (Phi) is 2.88. The van der Waals surface area contributed by atoms with Gasteiger partial charge in [0.1, 0.15) is 11.5 Å². The van der Waals surface area contributed by atoms with Crippen molar-refractivity contribution in [2.24, 2.45) is 5.73 Å². The molecule has 15 heavy (non-hydrogen) atoms. The lowest BCUT2D eigenvalue weighted by molar-refractivity contribution is 0.503. The van der Waals surface area contributed by atoms with Gasteiger partial charge in [0, 0.05) is 18.0 Å². The lowest BCUT2D eigenvalue weighted by Crippen LogP contribution is -2.17. The van der Waals surface area contributed by atoms with Gasteiger partial charge in [-0.05, 0) is 19.1 Å². The first-order chi connectivity index (χ1) is 7.25. The second kappa shape index (κ2) is 4.32. The van der Waals surface area contributed by atoms with Crippen LogP contribution in [0.4, 0.5) is 0 Å². The molecule has 0 spiro atoms. The highest BCUT2D eigenvalue weighted by atomic mass is 16.3. The SMILES string of the molecule is CC(N)Cc1ccc(-c2ccccc2)o1.